The van der Waals surface area contributed by atoms with Crippen LogP contribution in [-0.2, 0) is 31.6 Å². The molecule has 0 saturated carbocycles. The topological polar surface area (TPSA) is 211 Å². The minimum Gasteiger partial charge on any atom is -0.391 e. The summed E-state index contributed by atoms with van der Waals surface area (Å²) in [4.78, 5) is 62.0. The Morgan fingerprint density at radius 2 is 1.82 bits per heavy atom. The van der Waals surface area contributed by atoms with Crippen LogP contribution in [0.3, 0.4) is 0 Å². The Labute approximate surface area is 219 Å². The number of nitrogens with two attached hydrogens (primary N) is 1. The minimum absolute atomic E-state index is 0.00529. The average molecular weight is 546 g/mol. The molecule has 0 radical (unpaired) electrons. The first-order valence-corrected chi connectivity index (χ1v) is 12.9. The zero-order valence-electron chi connectivity index (χ0n) is 20.3. The van der Waals surface area contributed by atoms with Gasteiger partial charge in [-0.3, -0.25) is 33.5 Å². The Balaban J connectivity index is 2.06. The van der Waals surface area contributed by atoms with Crippen LogP contribution >= 0.6 is 0 Å². The number of non-ortho nitro benzene ring substituents is 1. The molecule has 2 aromatic carbocycles. The van der Waals surface area contributed by atoms with Crippen LogP contribution < -0.4 is 21.7 Å². The van der Waals surface area contributed by atoms with Crippen molar-refractivity contribution >= 4 is 40.1 Å². The predicted molar refractivity (Wildman–Crippen MR) is 135 cm³/mol. The van der Waals surface area contributed by atoms with Crippen molar-refractivity contribution in [2.45, 2.75) is 48.9 Å². The third-order valence-corrected chi connectivity index (χ3v) is 7.34. The second kappa shape index (κ2) is 12.4. The maximum absolute atomic E-state index is 13.2. The van der Waals surface area contributed by atoms with Gasteiger partial charge >= 0.3 is 0 Å². The maximum Gasteiger partial charge on any atom is 0.270 e. The Kier molecular flexibility index (Phi) is 9.25. The first-order valence-electron chi connectivity index (χ1n) is 11.6. The molecule has 38 heavy (non-hydrogen) atoms. The van der Waals surface area contributed by atoms with Gasteiger partial charge < -0.3 is 26.8 Å². The SMILES string of the molecule is C[C@H](O)[C@@H]1NC(=O)c2cc([N+](=O)[O-])ccc2S(=O)CCC(C(N)=O)NC(=O)[C@H](Cc2ccccc2)NC1=O. The first kappa shape index (κ1) is 28.4. The summed E-state index contributed by atoms with van der Waals surface area (Å²) in [5.74, 6) is -3.80. The van der Waals surface area contributed by atoms with Gasteiger partial charge in [-0.1, -0.05) is 30.3 Å². The van der Waals surface area contributed by atoms with Crippen LogP contribution in [0.2, 0.25) is 0 Å². The predicted octanol–water partition coefficient (Wildman–Crippen LogP) is -0.717. The standard InChI is InChI=1S/C24H27N5O8S/c1-13(30)20-24(34)27-18(11-14-5-3-2-4-6-14)23(33)26-17(21(25)31)9-10-38(37)19-8-7-15(29(35)36)12-16(19)22(32)28-20/h2-8,12-13,17-18,20,30H,9-11H2,1H3,(H2,25,31)(H,26,33)(H,27,34)(H,28,32)/t13-,17?,18-,20-,38?/m0/s1. The maximum atomic E-state index is 13.2. The van der Waals surface area contributed by atoms with E-state index in [1.165, 1.54) is 6.92 Å². The number of fused-ring (bicyclic) bond motifs is 1. The molecule has 4 amide bonds. The molecule has 0 bridgehead atoms. The monoisotopic (exact) mass is 545 g/mol. The number of carbonyl (C=O) groups is 4. The molecule has 1 aliphatic rings. The van der Waals surface area contributed by atoms with Crippen molar-refractivity contribution in [1.82, 2.24) is 16.0 Å². The van der Waals surface area contributed by atoms with Crippen LogP contribution in [0.5, 0.6) is 0 Å². The molecule has 0 aliphatic carbocycles. The molecule has 0 aromatic heterocycles. The lowest BCUT2D eigenvalue weighted by Crippen LogP contribution is -2.59. The van der Waals surface area contributed by atoms with E-state index in [2.05, 4.69) is 16.0 Å². The largest absolute Gasteiger partial charge is 0.391 e. The van der Waals surface area contributed by atoms with Crippen LogP contribution in [0, 0.1) is 10.1 Å². The van der Waals surface area contributed by atoms with Gasteiger partial charge in [0.05, 0.1) is 32.3 Å². The minimum atomic E-state index is -1.95. The van der Waals surface area contributed by atoms with E-state index in [0.29, 0.717) is 5.56 Å². The summed E-state index contributed by atoms with van der Waals surface area (Å²) in [6.07, 6.45) is -1.61. The third-order valence-electron chi connectivity index (χ3n) is 5.88. The van der Waals surface area contributed by atoms with E-state index in [0.717, 1.165) is 18.2 Å². The number of benzene rings is 2. The molecule has 2 aromatic rings. The van der Waals surface area contributed by atoms with Gasteiger partial charge in [-0.15, -0.1) is 0 Å². The number of nitro benzene ring substituents is 1. The van der Waals surface area contributed by atoms with Crippen molar-refractivity contribution in [3.8, 4) is 0 Å². The summed E-state index contributed by atoms with van der Waals surface area (Å²) in [5, 5.41) is 28.9. The molecule has 3 rings (SSSR count). The van der Waals surface area contributed by atoms with Gasteiger partial charge in [0.15, 0.2) is 0 Å². The summed E-state index contributed by atoms with van der Waals surface area (Å²) in [5.41, 5.74) is 5.33. The molecule has 0 saturated heterocycles. The number of aliphatic hydroxyl groups is 1. The number of nitrogens with one attached hydrogen (secondary N) is 3. The Morgan fingerprint density at radius 1 is 1.13 bits per heavy atom. The molecule has 2 unspecified atom stereocenters. The van der Waals surface area contributed by atoms with Crippen molar-refractivity contribution in [2.24, 2.45) is 5.73 Å². The van der Waals surface area contributed by atoms with Gasteiger partial charge in [0.25, 0.3) is 11.6 Å². The van der Waals surface area contributed by atoms with Gasteiger partial charge in [0.1, 0.15) is 18.1 Å². The molecule has 0 spiro atoms. The van der Waals surface area contributed by atoms with E-state index < -0.39 is 69.3 Å². The Morgan fingerprint density at radius 3 is 2.42 bits per heavy atom. The van der Waals surface area contributed by atoms with E-state index >= 15 is 0 Å². The van der Waals surface area contributed by atoms with Crippen molar-refractivity contribution < 1.29 is 33.4 Å². The summed E-state index contributed by atoms with van der Waals surface area (Å²) in [7, 11) is -1.95. The molecular weight excluding hydrogens is 518 g/mol. The molecule has 0 fully saturated rings. The van der Waals surface area contributed by atoms with E-state index in [9.17, 15) is 38.6 Å². The van der Waals surface area contributed by atoms with E-state index in [-0.39, 0.29) is 29.1 Å². The van der Waals surface area contributed by atoms with Crippen LogP contribution in [0.4, 0.5) is 5.69 Å². The Hall–Kier alpha value is -4.17. The number of hydrogen-bond acceptors (Lipinski definition) is 8. The highest BCUT2D eigenvalue weighted by Gasteiger charge is 2.33. The van der Waals surface area contributed by atoms with Crippen molar-refractivity contribution in [3.05, 3.63) is 69.8 Å². The smallest absolute Gasteiger partial charge is 0.270 e. The van der Waals surface area contributed by atoms with Crippen LogP contribution in [0.25, 0.3) is 0 Å². The summed E-state index contributed by atoms with van der Waals surface area (Å²) < 4.78 is 13.1. The average Bonchev–Trinajstić information content (AvgIpc) is 2.88. The van der Waals surface area contributed by atoms with Gasteiger partial charge in [0, 0.05) is 24.3 Å². The molecular formula is C24H27N5O8S. The summed E-state index contributed by atoms with van der Waals surface area (Å²) in [6, 6.07) is 7.71. The number of hydrogen-bond donors (Lipinski definition) is 5. The molecule has 5 atom stereocenters. The van der Waals surface area contributed by atoms with Gasteiger partial charge in [-0.25, -0.2) is 0 Å². The second-order valence-electron chi connectivity index (χ2n) is 8.68. The molecule has 202 valence electrons. The van der Waals surface area contributed by atoms with E-state index in [1.54, 1.807) is 30.3 Å². The number of carbonyl (C=O) groups excluding carboxylic acids is 4. The lowest BCUT2D eigenvalue weighted by Gasteiger charge is -2.26. The number of nitro groups is 1. The van der Waals surface area contributed by atoms with Crippen molar-refractivity contribution in [3.63, 3.8) is 0 Å². The number of nitrogens with zero attached hydrogens (tertiary/aromatic N) is 1. The molecule has 1 aliphatic heterocycles. The van der Waals surface area contributed by atoms with Gasteiger partial charge in [0.2, 0.25) is 17.7 Å². The normalized spacial score (nSPS) is 23.6. The van der Waals surface area contributed by atoms with Gasteiger partial charge in [-0.05, 0) is 25.0 Å². The zero-order chi connectivity index (χ0) is 28.0. The fraction of sp³-hybridized carbons (Fsp3) is 0.333. The highest BCUT2D eigenvalue weighted by atomic mass is 32.2. The number of primary amides is 1. The van der Waals surface area contributed by atoms with Gasteiger partial charge in [-0.2, -0.15) is 0 Å². The molecule has 13 nitrogen and oxygen atoms in total. The first-order chi connectivity index (χ1) is 18.0. The van der Waals surface area contributed by atoms with Crippen molar-refractivity contribution in [2.75, 3.05) is 5.75 Å². The quantitative estimate of drug-likeness (QED) is 0.238. The summed E-state index contributed by atoms with van der Waals surface area (Å²) >= 11 is 0. The second-order valence-corrected chi connectivity index (χ2v) is 10.2. The van der Waals surface area contributed by atoms with Crippen molar-refractivity contribution in [1.29, 1.82) is 0 Å². The third kappa shape index (κ3) is 6.98. The lowest BCUT2D eigenvalue weighted by molar-refractivity contribution is -0.384. The molecule has 1 heterocycles. The highest BCUT2D eigenvalue weighted by molar-refractivity contribution is 7.85. The highest BCUT2D eigenvalue weighted by Crippen LogP contribution is 2.22. The fourth-order valence-electron chi connectivity index (χ4n) is 3.85. The molecule has 14 heteroatoms. The fourth-order valence-corrected chi connectivity index (χ4v) is 5.13. The zero-order valence-corrected chi connectivity index (χ0v) is 21.1. The van der Waals surface area contributed by atoms with E-state index in [1.807, 2.05) is 0 Å². The van der Waals surface area contributed by atoms with Crippen LogP contribution in [0.15, 0.2) is 53.4 Å². The summed E-state index contributed by atoms with van der Waals surface area (Å²) in [6.45, 7) is 1.23. The Bertz CT molecular complexity index is 1270. The van der Waals surface area contributed by atoms with Crippen LogP contribution in [-0.4, -0.2) is 67.8 Å². The van der Waals surface area contributed by atoms with E-state index in [4.69, 9.17) is 5.73 Å². The number of aliphatic hydroxyl groups excluding tert-OH is 1. The molecule has 6 N–H and O–H groups in total. The lowest BCUT2D eigenvalue weighted by atomic mass is 10.0. The number of amides is 4. The van der Waals surface area contributed by atoms with Crippen LogP contribution in [0.1, 0.15) is 29.3 Å². The number of rotatable bonds is 5.